The van der Waals surface area contributed by atoms with Crippen LogP contribution in [0.5, 0.6) is 0 Å². The summed E-state index contributed by atoms with van der Waals surface area (Å²) in [6.45, 7) is 3.77. The number of hydrogen-bond acceptors (Lipinski definition) is 6. The van der Waals surface area contributed by atoms with Gasteiger partial charge in [0.25, 0.3) is 0 Å². The van der Waals surface area contributed by atoms with Crippen LogP contribution < -0.4 is 0 Å². The smallest absolute Gasteiger partial charge is 0.322 e. The van der Waals surface area contributed by atoms with Gasteiger partial charge < -0.3 is 14.2 Å². The molecule has 0 aromatic carbocycles. The first-order chi connectivity index (χ1) is 12.8. The highest BCUT2D eigenvalue weighted by Crippen LogP contribution is 2.59. The SMILES string of the molecule is CCC(C)(I)C(=O)OC1C2CC3C1OC(=O)C3C2C(=O)OC1CCCCC1. The zero-order valence-corrected chi connectivity index (χ0v) is 18.0. The molecule has 6 nitrogen and oxygen atoms in total. The predicted octanol–water partition coefficient (Wildman–Crippen LogP) is 3.19. The number of alkyl halides is 1. The number of halogens is 1. The van der Waals surface area contributed by atoms with Crippen molar-refractivity contribution in [2.45, 2.75) is 80.5 Å². The monoisotopic (exact) mass is 490 g/mol. The Morgan fingerprint density at radius 2 is 1.89 bits per heavy atom. The summed E-state index contributed by atoms with van der Waals surface area (Å²) in [4.78, 5) is 38.0. The first kappa shape index (κ1) is 19.5. The zero-order valence-electron chi connectivity index (χ0n) is 15.8. The molecule has 7 atom stereocenters. The molecule has 7 unspecified atom stereocenters. The molecule has 0 aromatic rings. The van der Waals surface area contributed by atoms with Crippen LogP contribution in [-0.2, 0) is 28.6 Å². The van der Waals surface area contributed by atoms with E-state index in [0.29, 0.717) is 12.8 Å². The van der Waals surface area contributed by atoms with Crippen LogP contribution in [0.15, 0.2) is 0 Å². The minimum atomic E-state index is -0.625. The highest BCUT2D eigenvalue weighted by atomic mass is 127. The lowest BCUT2D eigenvalue weighted by molar-refractivity contribution is -0.169. The summed E-state index contributed by atoms with van der Waals surface area (Å²) < 4.78 is 16.5. The van der Waals surface area contributed by atoms with Gasteiger partial charge in [-0.05, 0) is 45.4 Å². The molecule has 0 N–H and O–H groups in total. The number of hydrogen-bond donors (Lipinski definition) is 0. The fraction of sp³-hybridized carbons (Fsp3) is 0.850. The summed E-state index contributed by atoms with van der Waals surface area (Å²) in [5.41, 5.74) is 0. The lowest BCUT2D eigenvalue weighted by Gasteiger charge is -2.33. The Hall–Kier alpha value is -0.860. The number of rotatable bonds is 5. The maximum Gasteiger partial charge on any atom is 0.322 e. The Morgan fingerprint density at radius 1 is 1.19 bits per heavy atom. The van der Waals surface area contributed by atoms with Gasteiger partial charge in [0, 0.05) is 11.8 Å². The van der Waals surface area contributed by atoms with Crippen molar-refractivity contribution >= 4 is 40.5 Å². The molecule has 4 aliphatic rings. The average molecular weight is 490 g/mol. The molecule has 0 radical (unpaired) electrons. The molecule has 3 saturated carbocycles. The highest BCUT2D eigenvalue weighted by molar-refractivity contribution is 14.1. The van der Waals surface area contributed by atoms with Gasteiger partial charge in [-0.3, -0.25) is 14.4 Å². The van der Waals surface area contributed by atoms with Crippen LogP contribution in [0, 0.1) is 23.7 Å². The van der Waals surface area contributed by atoms with Gasteiger partial charge in [0.2, 0.25) is 0 Å². The van der Waals surface area contributed by atoms with E-state index in [9.17, 15) is 14.4 Å². The van der Waals surface area contributed by atoms with E-state index in [2.05, 4.69) is 22.6 Å². The van der Waals surface area contributed by atoms with Crippen LogP contribution >= 0.6 is 22.6 Å². The van der Waals surface area contributed by atoms with Crippen LogP contribution in [0.3, 0.4) is 0 Å². The van der Waals surface area contributed by atoms with Gasteiger partial charge in [0.15, 0.2) is 0 Å². The van der Waals surface area contributed by atoms with Crippen molar-refractivity contribution in [3.8, 4) is 0 Å². The van der Waals surface area contributed by atoms with Crippen molar-refractivity contribution in [2.24, 2.45) is 23.7 Å². The Morgan fingerprint density at radius 3 is 2.56 bits per heavy atom. The van der Waals surface area contributed by atoms with E-state index in [1.54, 1.807) is 0 Å². The number of carbonyl (C=O) groups excluding carboxylic acids is 3. The van der Waals surface area contributed by atoms with Crippen molar-refractivity contribution < 1.29 is 28.6 Å². The third-order valence-electron chi connectivity index (χ3n) is 6.99. The van der Waals surface area contributed by atoms with Crippen LogP contribution in [-0.4, -0.2) is 39.6 Å². The third kappa shape index (κ3) is 3.27. The predicted molar refractivity (Wildman–Crippen MR) is 104 cm³/mol. The van der Waals surface area contributed by atoms with E-state index in [-0.39, 0.29) is 35.8 Å². The molecule has 27 heavy (non-hydrogen) atoms. The summed E-state index contributed by atoms with van der Waals surface area (Å²) in [6, 6.07) is 0. The van der Waals surface area contributed by atoms with E-state index in [0.717, 1.165) is 25.7 Å². The fourth-order valence-corrected chi connectivity index (χ4v) is 5.41. The van der Waals surface area contributed by atoms with Gasteiger partial charge in [0.1, 0.15) is 21.7 Å². The molecule has 4 rings (SSSR count). The largest absolute Gasteiger partial charge is 0.462 e. The van der Waals surface area contributed by atoms with Crippen LogP contribution in [0.1, 0.15) is 58.8 Å². The molecule has 1 saturated heterocycles. The fourth-order valence-electron chi connectivity index (χ4n) is 5.29. The van der Waals surface area contributed by atoms with Crippen molar-refractivity contribution in [3.63, 3.8) is 0 Å². The van der Waals surface area contributed by atoms with E-state index in [4.69, 9.17) is 14.2 Å². The lowest BCUT2D eigenvalue weighted by Crippen LogP contribution is -2.46. The molecule has 1 heterocycles. The maximum absolute atomic E-state index is 12.9. The van der Waals surface area contributed by atoms with Crippen molar-refractivity contribution in [2.75, 3.05) is 0 Å². The van der Waals surface area contributed by atoms with E-state index in [1.807, 2.05) is 13.8 Å². The lowest BCUT2D eigenvalue weighted by atomic mass is 9.78. The molecule has 4 fully saturated rings. The van der Waals surface area contributed by atoms with E-state index >= 15 is 0 Å². The topological polar surface area (TPSA) is 78.9 Å². The Balaban J connectivity index is 1.50. The number of esters is 3. The summed E-state index contributed by atoms with van der Waals surface area (Å²) in [7, 11) is 0. The average Bonchev–Trinajstić information content (AvgIpc) is 3.26. The Kier molecular flexibility index (Phi) is 5.18. The maximum atomic E-state index is 12.9. The molecule has 0 spiro atoms. The van der Waals surface area contributed by atoms with Crippen molar-refractivity contribution in [1.82, 2.24) is 0 Å². The summed E-state index contributed by atoms with van der Waals surface area (Å²) in [5, 5.41) is 0. The second kappa shape index (κ2) is 7.19. The van der Waals surface area contributed by atoms with E-state index < -0.39 is 27.5 Å². The number of fused-ring (bicyclic) bond motifs is 1. The molecular formula is C20H27IO6. The first-order valence-corrected chi connectivity index (χ1v) is 11.2. The van der Waals surface area contributed by atoms with Crippen LogP contribution in [0.4, 0.5) is 0 Å². The van der Waals surface area contributed by atoms with Gasteiger partial charge in [-0.25, -0.2) is 0 Å². The quantitative estimate of drug-likeness (QED) is 0.255. The summed E-state index contributed by atoms with van der Waals surface area (Å²) in [5.74, 6) is -2.12. The van der Waals surface area contributed by atoms with Gasteiger partial charge in [-0.1, -0.05) is 35.9 Å². The first-order valence-electron chi connectivity index (χ1n) is 10.1. The second-order valence-electron chi connectivity index (χ2n) is 8.63. The minimum absolute atomic E-state index is 0.0358. The van der Waals surface area contributed by atoms with Gasteiger partial charge in [-0.2, -0.15) is 0 Å². The van der Waals surface area contributed by atoms with Gasteiger partial charge >= 0.3 is 17.9 Å². The molecular weight excluding hydrogens is 463 g/mol. The molecule has 1 aliphatic heterocycles. The van der Waals surface area contributed by atoms with Gasteiger partial charge in [-0.15, -0.1) is 0 Å². The summed E-state index contributed by atoms with van der Waals surface area (Å²) in [6.07, 6.45) is 5.48. The third-order valence-corrected chi connectivity index (χ3v) is 8.19. The standard InChI is InChI=1S/C20H27IO6/c1-3-20(2,21)19(24)27-16-12-9-11-14(18(23)26-15(11)16)13(12)17(22)25-10-7-5-4-6-8-10/h10-16H,3-9H2,1-2H3. The summed E-state index contributed by atoms with van der Waals surface area (Å²) >= 11 is 2.10. The van der Waals surface area contributed by atoms with Gasteiger partial charge in [0.05, 0.1) is 11.8 Å². The second-order valence-corrected chi connectivity index (χ2v) is 11.0. The number of ether oxygens (including phenoxy) is 3. The zero-order chi connectivity index (χ0) is 19.3. The Bertz CT molecular complexity index is 640. The molecule has 7 heteroatoms. The Labute approximate surface area is 173 Å². The van der Waals surface area contributed by atoms with Crippen molar-refractivity contribution in [3.05, 3.63) is 0 Å². The normalized spacial score (nSPS) is 39.7. The van der Waals surface area contributed by atoms with E-state index in [1.165, 1.54) is 6.42 Å². The van der Waals surface area contributed by atoms with Crippen LogP contribution in [0.2, 0.25) is 0 Å². The molecule has 3 aliphatic carbocycles. The van der Waals surface area contributed by atoms with Crippen LogP contribution in [0.25, 0.3) is 0 Å². The molecule has 2 bridgehead atoms. The minimum Gasteiger partial charge on any atom is -0.462 e. The highest BCUT2D eigenvalue weighted by Gasteiger charge is 2.70. The number of carbonyl (C=O) groups is 3. The molecule has 0 amide bonds. The molecule has 0 aromatic heterocycles. The molecule has 150 valence electrons. The van der Waals surface area contributed by atoms with Crippen molar-refractivity contribution in [1.29, 1.82) is 0 Å².